The van der Waals surface area contributed by atoms with Crippen molar-refractivity contribution in [3.63, 3.8) is 0 Å². The number of nitrogens with zero attached hydrogens (tertiary/aromatic N) is 1. The molecule has 0 saturated carbocycles. The van der Waals surface area contributed by atoms with Gasteiger partial charge in [-0.3, -0.25) is 4.72 Å². The van der Waals surface area contributed by atoms with Crippen LogP contribution in [0.5, 0.6) is 0 Å². The molecule has 1 heterocycles. The zero-order chi connectivity index (χ0) is 13.2. The molecule has 7 heteroatoms. The number of aromatic nitrogens is 1. The van der Waals surface area contributed by atoms with Crippen molar-refractivity contribution in [1.82, 2.24) is 4.98 Å². The van der Waals surface area contributed by atoms with E-state index in [2.05, 4.69) is 9.71 Å². The molecular formula is C11H8Cl2N2O2S. The van der Waals surface area contributed by atoms with E-state index in [-0.39, 0.29) is 10.0 Å². The first kappa shape index (κ1) is 13.1. The number of halogens is 2. The van der Waals surface area contributed by atoms with Gasteiger partial charge in [0.05, 0.1) is 4.90 Å². The van der Waals surface area contributed by atoms with E-state index in [1.165, 1.54) is 18.3 Å². The maximum absolute atomic E-state index is 12.0. The molecule has 0 atom stereocenters. The third-order valence-electron chi connectivity index (χ3n) is 2.10. The van der Waals surface area contributed by atoms with E-state index in [0.717, 1.165) is 0 Å². The molecule has 0 aliphatic heterocycles. The molecule has 1 aromatic carbocycles. The van der Waals surface area contributed by atoms with Crippen molar-refractivity contribution >= 4 is 38.9 Å². The predicted molar refractivity (Wildman–Crippen MR) is 71.5 cm³/mol. The van der Waals surface area contributed by atoms with Crippen LogP contribution >= 0.6 is 23.2 Å². The fourth-order valence-corrected chi connectivity index (χ4v) is 2.72. The van der Waals surface area contributed by atoms with Crippen molar-refractivity contribution in [2.45, 2.75) is 4.90 Å². The molecule has 2 rings (SSSR count). The Balaban J connectivity index is 2.30. The number of hydrogen-bond donors (Lipinski definition) is 1. The van der Waals surface area contributed by atoms with E-state index in [9.17, 15) is 8.42 Å². The van der Waals surface area contributed by atoms with Crippen molar-refractivity contribution in [3.8, 4) is 0 Å². The van der Waals surface area contributed by atoms with Crippen molar-refractivity contribution < 1.29 is 8.42 Å². The summed E-state index contributed by atoms with van der Waals surface area (Å²) in [6.45, 7) is 0. The zero-order valence-electron chi connectivity index (χ0n) is 8.97. The minimum absolute atomic E-state index is 0.0532. The Labute approximate surface area is 115 Å². The van der Waals surface area contributed by atoms with Crippen LogP contribution in [0.3, 0.4) is 0 Å². The molecule has 4 nitrogen and oxygen atoms in total. The Morgan fingerprint density at radius 2 is 1.72 bits per heavy atom. The summed E-state index contributed by atoms with van der Waals surface area (Å²) < 4.78 is 26.4. The van der Waals surface area contributed by atoms with Crippen LogP contribution in [0.4, 0.5) is 5.69 Å². The quantitative estimate of drug-likeness (QED) is 0.886. The molecule has 1 aromatic heterocycles. The summed E-state index contributed by atoms with van der Waals surface area (Å²) in [5.74, 6) is 0. The number of anilines is 1. The Morgan fingerprint density at radius 3 is 2.33 bits per heavy atom. The van der Waals surface area contributed by atoms with Crippen LogP contribution in [-0.4, -0.2) is 13.4 Å². The Hall–Kier alpha value is -1.30. The van der Waals surface area contributed by atoms with Gasteiger partial charge in [-0.1, -0.05) is 23.2 Å². The molecule has 0 unspecified atom stereocenters. The third-order valence-corrected chi connectivity index (χ3v) is 3.94. The molecule has 0 fully saturated rings. The first-order valence-corrected chi connectivity index (χ1v) is 7.11. The Bertz CT molecular complexity index is 657. The first-order valence-electron chi connectivity index (χ1n) is 4.87. The van der Waals surface area contributed by atoms with Crippen LogP contribution in [0.25, 0.3) is 0 Å². The number of benzene rings is 1. The molecule has 0 aliphatic rings. The lowest BCUT2D eigenvalue weighted by Crippen LogP contribution is -2.12. The number of pyridine rings is 1. The highest BCUT2D eigenvalue weighted by Crippen LogP contribution is 2.19. The molecule has 18 heavy (non-hydrogen) atoms. The molecule has 0 spiro atoms. The van der Waals surface area contributed by atoms with Gasteiger partial charge in [-0.05, 0) is 36.4 Å². The second kappa shape index (κ2) is 5.14. The van der Waals surface area contributed by atoms with Crippen LogP contribution in [0, 0.1) is 0 Å². The minimum atomic E-state index is -3.67. The normalized spacial score (nSPS) is 11.2. The van der Waals surface area contributed by atoms with Gasteiger partial charge in [-0.2, -0.15) is 0 Å². The Kier molecular flexibility index (Phi) is 3.75. The van der Waals surface area contributed by atoms with Gasteiger partial charge in [0.25, 0.3) is 10.0 Å². The van der Waals surface area contributed by atoms with Crippen molar-refractivity contribution in [3.05, 3.63) is 52.8 Å². The summed E-state index contributed by atoms with van der Waals surface area (Å²) in [6, 6.07) is 8.98. The topological polar surface area (TPSA) is 59.1 Å². The standard InChI is InChI=1S/C11H8Cl2N2O2S/c12-8-1-3-9(4-2-8)15-18(16,17)10-5-6-14-11(13)7-10/h1-7,15H. The van der Waals surface area contributed by atoms with Crippen LogP contribution in [0.15, 0.2) is 47.5 Å². The number of rotatable bonds is 3. The minimum Gasteiger partial charge on any atom is -0.280 e. The summed E-state index contributed by atoms with van der Waals surface area (Å²) in [5, 5.41) is 0.652. The van der Waals surface area contributed by atoms with Gasteiger partial charge < -0.3 is 0 Å². The van der Waals surface area contributed by atoms with Crippen LogP contribution in [-0.2, 0) is 10.0 Å². The van der Waals surface area contributed by atoms with E-state index in [1.54, 1.807) is 24.3 Å². The second-order valence-electron chi connectivity index (χ2n) is 3.43. The van der Waals surface area contributed by atoms with Crippen molar-refractivity contribution in [2.24, 2.45) is 0 Å². The van der Waals surface area contributed by atoms with E-state index in [1.807, 2.05) is 0 Å². The average Bonchev–Trinajstić information content (AvgIpc) is 2.32. The smallest absolute Gasteiger partial charge is 0.262 e. The average molecular weight is 303 g/mol. The van der Waals surface area contributed by atoms with E-state index < -0.39 is 10.0 Å². The monoisotopic (exact) mass is 302 g/mol. The van der Waals surface area contributed by atoms with Crippen LogP contribution in [0.2, 0.25) is 10.2 Å². The number of nitrogens with one attached hydrogen (secondary N) is 1. The fourth-order valence-electron chi connectivity index (χ4n) is 1.28. The number of sulfonamides is 1. The Morgan fingerprint density at radius 1 is 1.06 bits per heavy atom. The third kappa shape index (κ3) is 3.13. The van der Waals surface area contributed by atoms with E-state index in [0.29, 0.717) is 10.7 Å². The predicted octanol–water partition coefficient (Wildman–Crippen LogP) is 3.19. The highest BCUT2D eigenvalue weighted by molar-refractivity contribution is 7.92. The fraction of sp³-hybridized carbons (Fsp3) is 0. The lowest BCUT2D eigenvalue weighted by atomic mass is 10.3. The summed E-state index contributed by atoms with van der Waals surface area (Å²) in [6.07, 6.45) is 1.33. The largest absolute Gasteiger partial charge is 0.280 e. The van der Waals surface area contributed by atoms with Gasteiger partial charge in [0.1, 0.15) is 5.15 Å². The first-order chi connectivity index (χ1) is 8.47. The van der Waals surface area contributed by atoms with Gasteiger partial charge >= 0.3 is 0 Å². The molecule has 1 N–H and O–H groups in total. The highest BCUT2D eigenvalue weighted by Gasteiger charge is 2.14. The lowest BCUT2D eigenvalue weighted by Gasteiger charge is -2.07. The summed E-state index contributed by atoms with van der Waals surface area (Å²) >= 11 is 11.4. The summed E-state index contributed by atoms with van der Waals surface area (Å²) in [4.78, 5) is 3.78. The molecule has 0 radical (unpaired) electrons. The molecule has 0 bridgehead atoms. The molecular weight excluding hydrogens is 295 g/mol. The van der Waals surface area contributed by atoms with Gasteiger partial charge in [-0.15, -0.1) is 0 Å². The molecule has 0 saturated heterocycles. The molecule has 0 aliphatic carbocycles. The van der Waals surface area contributed by atoms with Crippen LogP contribution in [0.1, 0.15) is 0 Å². The maximum atomic E-state index is 12.0. The number of hydrogen-bond acceptors (Lipinski definition) is 3. The summed E-state index contributed by atoms with van der Waals surface area (Å²) in [5.41, 5.74) is 0.423. The second-order valence-corrected chi connectivity index (χ2v) is 5.93. The SMILES string of the molecule is O=S(=O)(Nc1ccc(Cl)cc1)c1ccnc(Cl)c1. The van der Waals surface area contributed by atoms with Crippen molar-refractivity contribution in [2.75, 3.05) is 4.72 Å². The highest BCUT2D eigenvalue weighted by atomic mass is 35.5. The lowest BCUT2D eigenvalue weighted by molar-refractivity contribution is 0.601. The molecule has 94 valence electrons. The van der Waals surface area contributed by atoms with Gasteiger partial charge in [0.2, 0.25) is 0 Å². The summed E-state index contributed by atoms with van der Waals surface area (Å²) in [7, 11) is -3.67. The zero-order valence-corrected chi connectivity index (χ0v) is 11.3. The van der Waals surface area contributed by atoms with E-state index in [4.69, 9.17) is 23.2 Å². The molecule has 2 aromatic rings. The van der Waals surface area contributed by atoms with Gasteiger partial charge in [-0.25, -0.2) is 13.4 Å². The van der Waals surface area contributed by atoms with E-state index >= 15 is 0 Å². The van der Waals surface area contributed by atoms with Crippen molar-refractivity contribution in [1.29, 1.82) is 0 Å². The maximum Gasteiger partial charge on any atom is 0.262 e. The van der Waals surface area contributed by atoms with Gasteiger partial charge in [0, 0.05) is 16.9 Å². The molecule has 0 amide bonds. The van der Waals surface area contributed by atoms with Gasteiger partial charge in [0.15, 0.2) is 0 Å². The van der Waals surface area contributed by atoms with Crippen LogP contribution < -0.4 is 4.72 Å².